The number of nitrogens with zero attached hydrogens (tertiary/aromatic N) is 3. The minimum absolute atomic E-state index is 0.00244. The van der Waals surface area contributed by atoms with Gasteiger partial charge in [-0.05, 0) is 73.4 Å². The Hall–Kier alpha value is -4.45. The molecule has 1 N–H and O–H groups in total. The molecule has 6 nitrogen and oxygen atoms in total. The molecule has 4 aromatic rings. The maximum Gasteiger partial charge on any atom is 0.307 e. The van der Waals surface area contributed by atoms with Crippen LogP contribution in [-0.2, 0) is 11.2 Å². The van der Waals surface area contributed by atoms with Crippen molar-refractivity contribution in [2.75, 3.05) is 0 Å². The average Bonchev–Trinajstić information content (AvgIpc) is 3.32. The topological polar surface area (TPSA) is 81.1 Å². The minimum Gasteiger partial charge on any atom is -0.481 e. The molecule has 1 aromatic carbocycles. The van der Waals surface area contributed by atoms with Crippen LogP contribution >= 0.6 is 0 Å². The Morgan fingerprint density at radius 1 is 1.11 bits per heavy atom. The van der Waals surface area contributed by atoms with Gasteiger partial charge in [0.05, 0.1) is 23.9 Å². The number of aliphatic carboxylic acids is 1. The summed E-state index contributed by atoms with van der Waals surface area (Å²) in [7, 11) is 0. The molecule has 0 unspecified atom stereocenters. The summed E-state index contributed by atoms with van der Waals surface area (Å²) < 4.78 is 7.70. The zero-order valence-electron chi connectivity index (χ0n) is 20.5. The second-order valence-corrected chi connectivity index (χ2v) is 9.11. The Morgan fingerprint density at radius 3 is 2.53 bits per heavy atom. The van der Waals surface area contributed by atoms with Gasteiger partial charge < -0.3 is 14.2 Å². The number of aromatic nitrogens is 3. The molecule has 6 heteroatoms. The lowest BCUT2D eigenvalue weighted by Crippen LogP contribution is -2.31. The normalized spacial score (nSPS) is 13.8. The quantitative estimate of drug-likeness (QED) is 0.439. The number of pyridine rings is 1. The van der Waals surface area contributed by atoms with Gasteiger partial charge in [-0.3, -0.25) is 9.78 Å². The predicted octanol–water partition coefficient (Wildman–Crippen LogP) is 4.61. The van der Waals surface area contributed by atoms with Crippen molar-refractivity contribution in [3.63, 3.8) is 0 Å². The van der Waals surface area contributed by atoms with Gasteiger partial charge in [-0.2, -0.15) is 0 Å². The van der Waals surface area contributed by atoms with Gasteiger partial charge in [0.25, 0.3) is 0 Å². The largest absolute Gasteiger partial charge is 0.481 e. The van der Waals surface area contributed by atoms with E-state index < -0.39 is 5.97 Å². The maximum absolute atomic E-state index is 11.1. The van der Waals surface area contributed by atoms with Gasteiger partial charge in [-0.25, -0.2) is 0 Å². The number of carbonyl (C=O) groups is 1. The van der Waals surface area contributed by atoms with Crippen LogP contribution in [0.25, 0.3) is 28.9 Å². The Bertz CT molecular complexity index is 1600. The number of fused-ring (bicyclic) bond motifs is 1. The zero-order chi connectivity index (χ0) is 25.4. The molecule has 0 saturated heterocycles. The molecule has 1 aliphatic carbocycles. The van der Waals surface area contributed by atoms with Crippen LogP contribution in [0.2, 0.25) is 0 Å². The van der Waals surface area contributed by atoms with E-state index in [-0.39, 0.29) is 12.5 Å². The van der Waals surface area contributed by atoms with Crippen LogP contribution in [0.3, 0.4) is 0 Å². The Balaban J connectivity index is 1.74. The lowest BCUT2D eigenvalue weighted by atomic mass is 10.0. The Kier molecular flexibility index (Phi) is 6.02. The molecule has 0 aliphatic heterocycles. The second kappa shape index (κ2) is 9.30. The highest BCUT2D eigenvalue weighted by Gasteiger charge is 2.19. The first-order chi connectivity index (χ1) is 17.3. The van der Waals surface area contributed by atoms with Gasteiger partial charge in [-0.15, -0.1) is 0 Å². The molecule has 3 aromatic heterocycles. The summed E-state index contributed by atoms with van der Waals surface area (Å²) in [5.74, 6) is -0.0829. The van der Waals surface area contributed by atoms with Crippen molar-refractivity contribution in [1.29, 1.82) is 0 Å². The van der Waals surface area contributed by atoms with Crippen LogP contribution in [0.5, 0.6) is 0 Å². The Morgan fingerprint density at radius 2 is 1.89 bits per heavy atom. The van der Waals surface area contributed by atoms with Crippen molar-refractivity contribution in [2.24, 2.45) is 0 Å². The summed E-state index contributed by atoms with van der Waals surface area (Å²) in [5.41, 5.74) is 7.42. The number of carboxylic acids is 1. The summed E-state index contributed by atoms with van der Waals surface area (Å²) in [4.78, 5) is 15.7. The van der Waals surface area contributed by atoms with Gasteiger partial charge in [0.15, 0.2) is 0 Å². The maximum atomic E-state index is 11.1. The molecule has 0 saturated carbocycles. The highest BCUT2D eigenvalue weighted by Crippen LogP contribution is 2.27. The highest BCUT2D eigenvalue weighted by molar-refractivity contribution is 5.93. The SMILES string of the molecule is C=C1C=C(c2c(C)noc2C)C=c2c(c(-c3ccc(CC(=O)O)cc3)cn2[C@@H](C)c2ccccn2)=C1. The van der Waals surface area contributed by atoms with Crippen LogP contribution in [0.15, 0.2) is 77.6 Å². The number of benzene rings is 1. The third-order valence-corrected chi connectivity index (χ3v) is 6.55. The number of aryl methyl sites for hydroxylation is 2. The first-order valence-electron chi connectivity index (χ1n) is 11.8. The summed E-state index contributed by atoms with van der Waals surface area (Å²) in [6.07, 6.45) is 10.3. The fraction of sp³-hybridized carbons (Fsp3) is 0.167. The first kappa shape index (κ1) is 23.3. The van der Waals surface area contributed by atoms with Crippen molar-refractivity contribution in [2.45, 2.75) is 33.2 Å². The zero-order valence-corrected chi connectivity index (χ0v) is 20.5. The van der Waals surface area contributed by atoms with Gasteiger partial charge in [0, 0.05) is 34.1 Å². The van der Waals surface area contributed by atoms with Gasteiger partial charge in [0.1, 0.15) is 5.76 Å². The number of allylic oxidation sites excluding steroid dienone is 3. The molecule has 0 bridgehead atoms. The standard InChI is InChI=1S/C30H27N3O3/c1-18-13-24(30-19(2)32-36-21(30)4)16-28-25(14-18)26(23-10-8-22(9-11-23)15-29(34)35)17-33(28)20(3)27-7-5-6-12-31-27/h5-14,16-17,20H,1,15H2,2-4H3,(H,34,35)/t20-/m0/s1. The molecule has 1 aliphatic rings. The molecule has 0 fully saturated rings. The van der Waals surface area contributed by atoms with Crippen LogP contribution in [0.4, 0.5) is 0 Å². The van der Waals surface area contributed by atoms with Crippen LogP contribution in [-0.4, -0.2) is 25.8 Å². The monoisotopic (exact) mass is 477 g/mol. The summed E-state index contributed by atoms with van der Waals surface area (Å²) in [6.45, 7) is 10.3. The predicted molar refractivity (Wildman–Crippen MR) is 141 cm³/mol. The van der Waals surface area contributed by atoms with Crippen molar-refractivity contribution in [3.8, 4) is 11.1 Å². The van der Waals surface area contributed by atoms with E-state index in [4.69, 9.17) is 9.63 Å². The summed E-state index contributed by atoms with van der Waals surface area (Å²) in [6, 6.07) is 13.6. The average molecular weight is 478 g/mol. The van der Waals surface area contributed by atoms with E-state index in [0.717, 1.165) is 61.1 Å². The fourth-order valence-corrected chi connectivity index (χ4v) is 4.81. The van der Waals surface area contributed by atoms with Crippen LogP contribution in [0.1, 0.15) is 41.2 Å². The van der Waals surface area contributed by atoms with Crippen molar-refractivity contribution in [1.82, 2.24) is 14.7 Å². The van der Waals surface area contributed by atoms with Gasteiger partial charge in [0.2, 0.25) is 0 Å². The molecule has 36 heavy (non-hydrogen) atoms. The smallest absolute Gasteiger partial charge is 0.307 e. The van der Waals surface area contributed by atoms with E-state index >= 15 is 0 Å². The van der Waals surface area contributed by atoms with E-state index in [1.165, 1.54) is 0 Å². The molecule has 5 rings (SSSR count). The second-order valence-electron chi connectivity index (χ2n) is 9.11. The van der Waals surface area contributed by atoms with Crippen LogP contribution < -0.4 is 10.6 Å². The molecule has 0 radical (unpaired) electrons. The Labute approximate surface area is 209 Å². The van der Waals surface area contributed by atoms with Gasteiger partial charge >= 0.3 is 5.97 Å². The van der Waals surface area contributed by atoms with Crippen LogP contribution in [0, 0.1) is 13.8 Å². The third-order valence-electron chi connectivity index (χ3n) is 6.55. The number of hydrogen-bond donors (Lipinski definition) is 1. The van der Waals surface area contributed by atoms with Crippen molar-refractivity contribution < 1.29 is 14.4 Å². The first-order valence-corrected chi connectivity index (χ1v) is 11.8. The van der Waals surface area contributed by atoms with Crippen molar-refractivity contribution in [3.05, 3.63) is 112 Å². The highest BCUT2D eigenvalue weighted by atomic mass is 16.5. The van der Waals surface area contributed by atoms with E-state index in [9.17, 15) is 4.79 Å². The minimum atomic E-state index is -0.843. The van der Waals surface area contributed by atoms with Gasteiger partial charge in [-0.1, -0.05) is 42.1 Å². The number of hydrogen-bond acceptors (Lipinski definition) is 4. The van der Waals surface area contributed by atoms with E-state index in [0.29, 0.717) is 0 Å². The van der Waals surface area contributed by atoms with E-state index in [1.54, 1.807) is 0 Å². The molecule has 1 atom stereocenters. The lowest BCUT2D eigenvalue weighted by Gasteiger charge is -2.14. The number of rotatable bonds is 6. The van der Waals surface area contributed by atoms with Crippen molar-refractivity contribution >= 4 is 23.7 Å². The summed E-state index contributed by atoms with van der Waals surface area (Å²) >= 11 is 0. The molecule has 180 valence electrons. The molecular weight excluding hydrogens is 450 g/mol. The fourth-order valence-electron chi connectivity index (χ4n) is 4.81. The third kappa shape index (κ3) is 4.33. The number of carboxylic acid groups (broad SMARTS) is 1. The lowest BCUT2D eigenvalue weighted by molar-refractivity contribution is -0.136. The molecule has 0 spiro atoms. The van der Waals surface area contributed by atoms with E-state index in [2.05, 4.69) is 52.6 Å². The molecular formula is C30H27N3O3. The van der Waals surface area contributed by atoms with E-state index in [1.807, 2.05) is 62.5 Å². The summed E-state index contributed by atoms with van der Waals surface area (Å²) in [5, 5.41) is 15.4. The molecule has 3 heterocycles. The molecule has 0 amide bonds.